The molecular weight excluding hydrogens is 180 g/mol. The van der Waals surface area contributed by atoms with Crippen molar-refractivity contribution in [1.82, 2.24) is 0 Å². The van der Waals surface area contributed by atoms with Crippen LogP contribution >= 0.6 is 0 Å². The first kappa shape index (κ1) is 10.2. The first-order valence-corrected chi connectivity index (χ1v) is 5.77. The molecule has 2 rings (SSSR count). The fraction of sp³-hybridized carbons (Fsp3) is 0.333. The molecule has 15 heavy (non-hydrogen) atoms. The average molecular weight is 198 g/mol. The Kier molecular flexibility index (Phi) is 3.39. The van der Waals surface area contributed by atoms with Gasteiger partial charge >= 0.3 is 0 Å². The van der Waals surface area contributed by atoms with E-state index < -0.39 is 0 Å². The lowest BCUT2D eigenvalue weighted by Crippen LogP contribution is -2.03. The monoisotopic (exact) mass is 198 g/mol. The van der Waals surface area contributed by atoms with Gasteiger partial charge in [0.2, 0.25) is 0 Å². The maximum absolute atomic E-state index is 2.38. The van der Waals surface area contributed by atoms with E-state index in [1.165, 1.54) is 24.0 Å². The van der Waals surface area contributed by atoms with Crippen LogP contribution in [0.25, 0.3) is 0 Å². The Bertz CT molecular complexity index is 357. The van der Waals surface area contributed by atoms with Gasteiger partial charge in [-0.2, -0.15) is 0 Å². The molecule has 0 heteroatoms. The molecule has 0 saturated heterocycles. The number of benzene rings is 1. The van der Waals surface area contributed by atoms with E-state index in [1.807, 2.05) is 0 Å². The summed E-state index contributed by atoms with van der Waals surface area (Å²) in [5, 5.41) is 0. The normalized spacial score (nSPS) is 17.3. The summed E-state index contributed by atoms with van der Waals surface area (Å²) in [6.45, 7) is 2.31. The summed E-state index contributed by atoms with van der Waals surface area (Å²) in [7, 11) is 0. The standard InChI is InChI=1S/C15H18/c1-13(15-10-6-3-7-11-15)12-14-8-4-2-5-9-14/h2,4-6,8-11,13H,3,7,12H2,1H3. The highest BCUT2D eigenvalue weighted by Crippen LogP contribution is 2.21. The second-order valence-corrected chi connectivity index (χ2v) is 4.27. The molecule has 0 nitrogen and oxygen atoms in total. The lowest BCUT2D eigenvalue weighted by molar-refractivity contribution is 0.684. The molecule has 1 aliphatic rings. The second kappa shape index (κ2) is 4.97. The zero-order valence-electron chi connectivity index (χ0n) is 9.32. The van der Waals surface area contributed by atoms with Gasteiger partial charge in [-0.3, -0.25) is 0 Å². The van der Waals surface area contributed by atoms with Gasteiger partial charge in [0.25, 0.3) is 0 Å². The highest BCUT2D eigenvalue weighted by atomic mass is 14.1. The summed E-state index contributed by atoms with van der Waals surface area (Å²) in [5.41, 5.74) is 2.94. The van der Waals surface area contributed by atoms with Crippen molar-refractivity contribution in [3.05, 3.63) is 59.7 Å². The van der Waals surface area contributed by atoms with Crippen molar-refractivity contribution in [2.45, 2.75) is 26.2 Å². The molecule has 1 aromatic rings. The van der Waals surface area contributed by atoms with Crippen LogP contribution in [0.2, 0.25) is 0 Å². The Morgan fingerprint density at radius 1 is 1.13 bits per heavy atom. The van der Waals surface area contributed by atoms with E-state index in [-0.39, 0.29) is 0 Å². The topological polar surface area (TPSA) is 0 Å². The zero-order chi connectivity index (χ0) is 10.5. The molecule has 0 fully saturated rings. The van der Waals surface area contributed by atoms with E-state index in [9.17, 15) is 0 Å². The van der Waals surface area contributed by atoms with Gasteiger partial charge < -0.3 is 0 Å². The Balaban J connectivity index is 2.01. The van der Waals surface area contributed by atoms with E-state index in [1.54, 1.807) is 0 Å². The molecule has 0 amide bonds. The molecule has 0 radical (unpaired) electrons. The quantitative estimate of drug-likeness (QED) is 0.684. The van der Waals surface area contributed by atoms with Crippen molar-refractivity contribution in [2.24, 2.45) is 5.92 Å². The third-order valence-corrected chi connectivity index (χ3v) is 2.98. The zero-order valence-corrected chi connectivity index (χ0v) is 9.32. The fourth-order valence-electron chi connectivity index (χ4n) is 2.08. The largest absolute Gasteiger partial charge is 0.0840 e. The van der Waals surface area contributed by atoms with E-state index in [0.717, 1.165) is 6.42 Å². The number of hydrogen-bond donors (Lipinski definition) is 0. The molecule has 0 bridgehead atoms. The van der Waals surface area contributed by atoms with Crippen molar-refractivity contribution in [1.29, 1.82) is 0 Å². The summed E-state index contributed by atoms with van der Waals surface area (Å²) in [5.74, 6) is 0.643. The fourth-order valence-corrected chi connectivity index (χ4v) is 2.08. The Morgan fingerprint density at radius 3 is 2.60 bits per heavy atom. The number of hydrogen-bond acceptors (Lipinski definition) is 0. The highest BCUT2D eigenvalue weighted by Gasteiger charge is 2.08. The van der Waals surface area contributed by atoms with Crippen molar-refractivity contribution in [3.8, 4) is 0 Å². The van der Waals surface area contributed by atoms with Crippen LogP contribution in [0, 0.1) is 5.92 Å². The minimum atomic E-state index is 0.643. The molecule has 78 valence electrons. The lowest BCUT2D eigenvalue weighted by atomic mass is 9.90. The first-order valence-electron chi connectivity index (χ1n) is 5.77. The average Bonchev–Trinajstić information content (AvgIpc) is 2.31. The molecule has 1 aromatic carbocycles. The van der Waals surface area contributed by atoms with Gasteiger partial charge in [0.05, 0.1) is 0 Å². The van der Waals surface area contributed by atoms with E-state index in [4.69, 9.17) is 0 Å². The van der Waals surface area contributed by atoms with Crippen molar-refractivity contribution < 1.29 is 0 Å². The molecule has 0 heterocycles. The van der Waals surface area contributed by atoms with Crippen molar-refractivity contribution >= 4 is 0 Å². The summed E-state index contributed by atoms with van der Waals surface area (Å²) in [6, 6.07) is 10.7. The molecular formula is C15H18. The summed E-state index contributed by atoms with van der Waals surface area (Å²) < 4.78 is 0. The van der Waals surface area contributed by atoms with Gasteiger partial charge in [-0.25, -0.2) is 0 Å². The first-order chi connectivity index (χ1) is 7.36. The summed E-state index contributed by atoms with van der Waals surface area (Å²) in [6.07, 6.45) is 10.5. The van der Waals surface area contributed by atoms with Crippen LogP contribution in [0.5, 0.6) is 0 Å². The minimum Gasteiger partial charge on any atom is -0.0840 e. The van der Waals surface area contributed by atoms with Gasteiger partial charge in [-0.15, -0.1) is 0 Å². The van der Waals surface area contributed by atoms with Gasteiger partial charge in [0.1, 0.15) is 0 Å². The number of rotatable bonds is 3. The third-order valence-electron chi connectivity index (χ3n) is 2.98. The van der Waals surface area contributed by atoms with E-state index in [0.29, 0.717) is 5.92 Å². The molecule has 0 aromatic heterocycles. The van der Waals surface area contributed by atoms with Crippen LogP contribution in [0.15, 0.2) is 54.1 Å². The van der Waals surface area contributed by atoms with Crippen molar-refractivity contribution in [2.75, 3.05) is 0 Å². The van der Waals surface area contributed by atoms with Crippen LogP contribution in [0.3, 0.4) is 0 Å². The second-order valence-electron chi connectivity index (χ2n) is 4.27. The molecule has 0 spiro atoms. The lowest BCUT2D eigenvalue weighted by Gasteiger charge is -2.15. The maximum atomic E-state index is 2.38. The molecule has 0 aliphatic heterocycles. The van der Waals surface area contributed by atoms with Crippen LogP contribution in [-0.2, 0) is 6.42 Å². The smallest absolute Gasteiger partial charge is 0.0153 e. The van der Waals surface area contributed by atoms with Crippen LogP contribution in [-0.4, -0.2) is 0 Å². The molecule has 1 unspecified atom stereocenters. The Labute approximate surface area is 92.3 Å². The molecule has 1 atom stereocenters. The van der Waals surface area contributed by atoms with Gasteiger partial charge in [0.15, 0.2) is 0 Å². The van der Waals surface area contributed by atoms with Crippen LogP contribution in [0.4, 0.5) is 0 Å². The van der Waals surface area contributed by atoms with E-state index in [2.05, 4.69) is 55.5 Å². The Morgan fingerprint density at radius 2 is 1.93 bits per heavy atom. The number of allylic oxidation sites excluding steroid dienone is 4. The minimum absolute atomic E-state index is 0.643. The van der Waals surface area contributed by atoms with Crippen LogP contribution in [0.1, 0.15) is 25.3 Å². The summed E-state index contributed by atoms with van der Waals surface area (Å²) >= 11 is 0. The maximum Gasteiger partial charge on any atom is -0.0153 e. The molecule has 0 saturated carbocycles. The van der Waals surface area contributed by atoms with E-state index >= 15 is 0 Å². The predicted molar refractivity (Wildman–Crippen MR) is 65.8 cm³/mol. The van der Waals surface area contributed by atoms with Gasteiger partial charge in [-0.05, 0) is 36.3 Å². The Hall–Kier alpha value is -1.30. The van der Waals surface area contributed by atoms with Gasteiger partial charge in [-0.1, -0.05) is 55.5 Å². The van der Waals surface area contributed by atoms with Crippen LogP contribution < -0.4 is 0 Å². The molecule has 0 N–H and O–H groups in total. The summed E-state index contributed by atoms with van der Waals surface area (Å²) in [4.78, 5) is 0. The predicted octanol–water partition coefficient (Wildman–Crippen LogP) is 4.14. The highest BCUT2D eigenvalue weighted by molar-refractivity contribution is 5.27. The molecule has 1 aliphatic carbocycles. The third kappa shape index (κ3) is 2.82. The van der Waals surface area contributed by atoms with Gasteiger partial charge in [0, 0.05) is 0 Å². The SMILES string of the molecule is CC(Cc1ccccc1)C1=CCCC=C1. The van der Waals surface area contributed by atoms with Crippen molar-refractivity contribution in [3.63, 3.8) is 0 Å².